The third-order valence-corrected chi connectivity index (χ3v) is 10.3. The Morgan fingerprint density at radius 1 is 0.536 bits per heavy atom. The van der Waals surface area contributed by atoms with Crippen molar-refractivity contribution >= 4 is 39.9 Å². The van der Waals surface area contributed by atoms with Crippen LogP contribution in [0.15, 0.2) is 200 Å². The fraction of sp³-hybridized carbons (Fsp3) is 0.0370. The molecule has 268 valence electrons. The van der Waals surface area contributed by atoms with Gasteiger partial charge in [-0.15, -0.1) is 0 Å². The van der Waals surface area contributed by atoms with Crippen LogP contribution in [0.4, 0.5) is 5.69 Å². The highest BCUT2D eigenvalue weighted by atomic mass is 14.8. The lowest BCUT2D eigenvalue weighted by Gasteiger charge is -2.14. The molecule has 0 saturated heterocycles. The van der Waals surface area contributed by atoms with Gasteiger partial charge in [-0.1, -0.05) is 147 Å². The van der Waals surface area contributed by atoms with Crippen LogP contribution >= 0.6 is 0 Å². The number of allylic oxidation sites excluding steroid dienone is 2. The molecule has 56 heavy (non-hydrogen) atoms. The summed E-state index contributed by atoms with van der Waals surface area (Å²) in [5.74, 6) is 0. The molecule has 0 atom stereocenters. The van der Waals surface area contributed by atoms with Crippen LogP contribution in [0.3, 0.4) is 0 Å². The number of aryl methyl sites for hydroxylation is 1. The summed E-state index contributed by atoms with van der Waals surface area (Å²) in [5.41, 5.74) is 17.4. The first kappa shape index (κ1) is 35.8. The number of benzene rings is 7. The molecule has 8 rings (SSSR count). The van der Waals surface area contributed by atoms with Crippen molar-refractivity contribution < 1.29 is 0 Å². The Balaban J connectivity index is 1.15. The predicted octanol–water partition coefficient (Wildman–Crippen LogP) is 14.7. The molecule has 0 unspecified atom stereocenters. The lowest BCUT2D eigenvalue weighted by Crippen LogP contribution is -2.03. The van der Waals surface area contributed by atoms with E-state index in [4.69, 9.17) is 4.99 Å². The van der Waals surface area contributed by atoms with E-state index in [1.54, 1.807) is 0 Å². The number of hydrogen-bond acceptors (Lipinski definition) is 2. The Kier molecular flexibility index (Phi) is 10.3. The third-order valence-electron chi connectivity index (χ3n) is 10.3. The molecule has 0 fully saturated rings. The number of fused-ring (bicyclic) bond motifs is 1. The zero-order valence-electron chi connectivity index (χ0n) is 31.8. The molecule has 2 nitrogen and oxygen atoms in total. The quantitative estimate of drug-likeness (QED) is 0.129. The van der Waals surface area contributed by atoms with Crippen molar-refractivity contribution in [1.29, 1.82) is 0 Å². The second-order valence-electron chi connectivity index (χ2n) is 14.0. The highest BCUT2D eigenvalue weighted by molar-refractivity contribution is 6.32. The molecule has 0 aliphatic carbocycles. The zero-order valence-corrected chi connectivity index (χ0v) is 31.8. The average Bonchev–Trinajstić information content (AvgIpc) is 3.26. The SMILES string of the molecule is C=Cc1ccc(-c2cc(-c3ccc(-c4ccc(N=C(C(=C)c5ccccc5)c5ccccc5)c(C)c4)cc3)cc(-c3ccc4cnccc4c3)c2)cc1/C=C\C. The number of hydrogen-bond donors (Lipinski definition) is 0. The van der Waals surface area contributed by atoms with Gasteiger partial charge in [0.05, 0.1) is 11.4 Å². The summed E-state index contributed by atoms with van der Waals surface area (Å²) in [7, 11) is 0. The van der Waals surface area contributed by atoms with Crippen LogP contribution in [0.1, 0.15) is 34.7 Å². The monoisotopic (exact) mass is 718 g/mol. The molecule has 7 aromatic carbocycles. The van der Waals surface area contributed by atoms with Crippen LogP contribution in [0.5, 0.6) is 0 Å². The predicted molar refractivity (Wildman–Crippen MR) is 241 cm³/mol. The van der Waals surface area contributed by atoms with E-state index in [1.807, 2.05) is 61.8 Å². The van der Waals surface area contributed by atoms with Crippen LogP contribution in [-0.2, 0) is 0 Å². The fourth-order valence-electron chi connectivity index (χ4n) is 7.27. The minimum Gasteiger partial charge on any atom is -0.264 e. The van der Waals surface area contributed by atoms with Gasteiger partial charge in [0.25, 0.3) is 0 Å². The topological polar surface area (TPSA) is 25.2 Å². The molecule has 0 aliphatic heterocycles. The van der Waals surface area contributed by atoms with E-state index in [0.717, 1.165) is 89.1 Å². The van der Waals surface area contributed by atoms with E-state index in [1.165, 1.54) is 10.9 Å². The number of pyridine rings is 1. The van der Waals surface area contributed by atoms with Gasteiger partial charge in [-0.3, -0.25) is 4.98 Å². The number of aliphatic imine (C=N–C) groups is 1. The van der Waals surface area contributed by atoms with E-state index in [0.29, 0.717) is 0 Å². The standard InChI is InChI=1S/C54H42N2/c1-5-13-44-31-46(23-18-39(44)6-2)51-33-50(34-52(35-51)47-24-25-49-36-55-29-28-48(49)32-47)42-21-19-41(20-22-42)45-26-27-53(37(3)30-45)56-54(43-16-11-8-12-17-43)38(4)40-14-9-7-10-15-40/h5-36H,2,4H2,1,3H3/b13-5-,56-54?. The molecule has 2 heteroatoms. The molecule has 1 aromatic heterocycles. The Morgan fingerprint density at radius 2 is 1.11 bits per heavy atom. The zero-order chi connectivity index (χ0) is 38.4. The Morgan fingerprint density at radius 3 is 1.77 bits per heavy atom. The lowest BCUT2D eigenvalue weighted by molar-refractivity contribution is 1.36. The van der Waals surface area contributed by atoms with E-state index >= 15 is 0 Å². The normalized spacial score (nSPS) is 11.6. The van der Waals surface area contributed by atoms with Gasteiger partial charge < -0.3 is 0 Å². The average molecular weight is 719 g/mol. The minimum atomic E-state index is 0.869. The van der Waals surface area contributed by atoms with Crippen molar-refractivity contribution in [3.05, 3.63) is 223 Å². The van der Waals surface area contributed by atoms with Crippen molar-refractivity contribution in [1.82, 2.24) is 4.98 Å². The van der Waals surface area contributed by atoms with E-state index in [9.17, 15) is 0 Å². The number of nitrogens with zero attached hydrogens (tertiary/aromatic N) is 2. The second kappa shape index (κ2) is 16.1. The van der Waals surface area contributed by atoms with Gasteiger partial charge in [-0.05, 0) is 135 Å². The van der Waals surface area contributed by atoms with Crippen molar-refractivity contribution in [2.75, 3.05) is 0 Å². The summed E-state index contributed by atoms with van der Waals surface area (Å²) in [4.78, 5) is 9.52. The van der Waals surface area contributed by atoms with Crippen molar-refractivity contribution in [3.8, 4) is 44.5 Å². The van der Waals surface area contributed by atoms with Crippen LogP contribution in [0.2, 0.25) is 0 Å². The summed E-state index contributed by atoms with van der Waals surface area (Å²) >= 11 is 0. The van der Waals surface area contributed by atoms with Crippen molar-refractivity contribution in [3.63, 3.8) is 0 Å². The van der Waals surface area contributed by atoms with Gasteiger partial charge in [-0.2, -0.15) is 0 Å². The highest BCUT2D eigenvalue weighted by Gasteiger charge is 2.13. The van der Waals surface area contributed by atoms with E-state index in [2.05, 4.69) is 165 Å². The number of rotatable bonds is 10. The van der Waals surface area contributed by atoms with Crippen molar-refractivity contribution in [2.45, 2.75) is 13.8 Å². The molecule has 0 N–H and O–H groups in total. The van der Waals surface area contributed by atoms with Gasteiger partial charge in [0.1, 0.15) is 0 Å². The Bertz CT molecular complexity index is 2770. The Labute approximate surface area is 330 Å². The summed E-state index contributed by atoms with van der Waals surface area (Å²) in [6.45, 7) is 12.7. The van der Waals surface area contributed by atoms with Crippen molar-refractivity contribution in [2.24, 2.45) is 4.99 Å². The van der Waals surface area contributed by atoms with Gasteiger partial charge in [0.15, 0.2) is 0 Å². The lowest BCUT2D eigenvalue weighted by atomic mass is 9.91. The summed E-state index contributed by atoms with van der Waals surface area (Å²) in [6.07, 6.45) is 9.91. The van der Waals surface area contributed by atoms with Gasteiger partial charge in [0, 0.05) is 28.9 Å². The molecule has 1 heterocycles. The molecule has 0 bridgehead atoms. The highest BCUT2D eigenvalue weighted by Crippen LogP contribution is 2.36. The molecule has 0 aliphatic rings. The Hall–Kier alpha value is -7.16. The van der Waals surface area contributed by atoms with E-state index in [-0.39, 0.29) is 0 Å². The molecular formula is C54H42N2. The van der Waals surface area contributed by atoms with Crippen LogP contribution in [0, 0.1) is 6.92 Å². The van der Waals surface area contributed by atoms with E-state index < -0.39 is 0 Å². The van der Waals surface area contributed by atoms with Crippen LogP contribution < -0.4 is 0 Å². The molecule has 0 amide bonds. The fourth-order valence-corrected chi connectivity index (χ4v) is 7.27. The molecule has 0 spiro atoms. The van der Waals surface area contributed by atoms with Gasteiger partial charge in [0.2, 0.25) is 0 Å². The largest absolute Gasteiger partial charge is 0.264 e. The molecule has 0 saturated carbocycles. The summed E-state index contributed by atoms with van der Waals surface area (Å²) < 4.78 is 0. The second-order valence-corrected chi connectivity index (χ2v) is 14.0. The smallest absolute Gasteiger partial charge is 0.0781 e. The van der Waals surface area contributed by atoms with Gasteiger partial charge in [-0.25, -0.2) is 4.99 Å². The molecule has 0 radical (unpaired) electrons. The summed E-state index contributed by atoms with van der Waals surface area (Å²) in [6, 6.07) is 58.2. The number of aromatic nitrogens is 1. The van der Waals surface area contributed by atoms with Crippen LogP contribution in [0.25, 0.3) is 73.0 Å². The maximum absolute atomic E-state index is 5.21. The molecular weight excluding hydrogens is 677 g/mol. The first-order valence-electron chi connectivity index (χ1n) is 19.0. The summed E-state index contributed by atoms with van der Waals surface area (Å²) in [5, 5.41) is 2.30. The molecule has 8 aromatic rings. The third kappa shape index (κ3) is 7.59. The van der Waals surface area contributed by atoms with Gasteiger partial charge >= 0.3 is 0 Å². The first-order valence-corrected chi connectivity index (χ1v) is 19.0. The first-order chi connectivity index (χ1) is 27.5. The van der Waals surface area contributed by atoms with Crippen LogP contribution in [-0.4, -0.2) is 10.7 Å². The maximum atomic E-state index is 5.21. The minimum absolute atomic E-state index is 0.869. The maximum Gasteiger partial charge on any atom is 0.0781 e.